The van der Waals surface area contributed by atoms with Crippen molar-refractivity contribution in [3.63, 3.8) is 0 Å². The lowest BCUT2D eigenvalue weighted by molar-refractivity contribution is 0.0557. The van der Waals surface area contributed by atoms with E-state index >= 15 is 0 Å². The third-order valence-electron chi connectivity index (χ3n) is 2.36. The minimum Gasteiger partial charge on any atom is -0.435 e. The van der Waals surface area contributed by atoms with E-state index in [2.05, 4.69) is 10.1 Å². The molecule has 0 bridgehead atoms. The summed E-state index contributed by atoms with van der Waals surface area (Å²) < 4.78 is 9.53. The van der Waals surface area contributed by atoms with Crippen molar-refractivity contribution in [1.82, 2.24) is 5.32 Å². The number of carbonyl (C=O) groups excluding carboxylic acids is 1. The zero-order valence-corrected chi connectivity index (χ0v) is 8.75. The van der Waals surface area contributed by atoms with Crippen molar-refractivity contribution < 1.29 is 14.3 Å². The van der Waals surface area contributed by atoms with Gasteiger partial charge in [0.15, 0.2) is 0 Å². The summed E-state index contributed by atoms with van der Waals surface area (Å²) in [5.74, 6) is 0. The van der Waals surface area contributed by atoms with Crippen molar-refractivity contribution in [2.75, 3.05) is 19.8 Å². The summed E-state index contributed by atoms with van der Waals surface area (Å²) in [6.45, 7) is 3.69. The quantitative estimate of drug-likeness (QED) is 0.703. The van der Waals surface area contributed by atoms with Gasteiger partial charge in [-0.1, -0.05) is 6.42 Å². The zero-order chi connectivity index (χ0) is 10.2. The summed E-state index contributed by atoms with van der Waals surface area (Å²) in [6, 6.07) is 0.512. The average molecular weight is 201 g/mol. The third kappa shape index (κ3) is 4.46. The number of rotatable bonds is 4. The molecule has 0 amide bonds. The lowest BCUT2D eigenvalue weighted by atomic mass is 10.0. The highest BCUT2D eigenvalue weighted by atomic mass is 16.7. The van der Waals surface area contributed by atoms with Crippen LogP contribution in [0, 0.1) is 0 Å². The average Bonchev–Trinajstić information content (AvgIpc) is 2.20. The second kappa shape index (κ2) is 6.65. The number of piperidine rings is 1. The Bertz CT molecular complexity index is 167. The Labute approximate surface area is 85.0 Å². The molecule has 1 atom stereocenters. The fraction of sp³-hybridized carbons (Fsp3) is 0.900. The van der Waals surface area contributed by atoms with Gasteiger partial charge >= 0.3 is 6.16 Å². The molecule has 0 aromatic heterocycles. The number of hydrogen-bond acceptors (Lipinski definition) is 4. The highest BCUT2D eigenvalue weighted by Crippen LogP contribution is 2.09. The molecule has 1 heterocycles. The highest BCUT2D eigenvalue weighted by Gasteiger charge is 2.12. The molecule has 0 aromatic rings. The third-order valence-corrected chi connectivity index (χ3v) is 2.36. The van der Waals surface area contributed by atoms with Crippen LogP contribution in [-0.4, -0.2) is 32.0 Å². The Kier molecular flexibility index (Phi) is 5.37. The van der Waals surface area contributed by atoms with Gasteiger partial charge in [-0.25, -0.2) is 4.79 Å². The van der Waals surface area contributed by atoms with E-state index in [0.29, 0.717) is 19.3 Å². The van der Waals surface area contributed by atoms with Gasteiger partial charge in [-0.05, 0) is 32.7 Å². The van der Waals surface area contributed by atoms with Crippen LogP contribution in [0.4, 0.5) is 4.79 Å². The van der Waals surface area contributed by atoms with Gasteiger partial charge < -0.3 is 14.8 Å². The Morgan fingerprint density at radius 2 is 2.29 bits per heavy atom. The highest BCUT2D eigenvalue weighted by molar-refractivity contribution is 5.59. The molecule has 0 aliphatic carbocycles. The summed E-state index contributed by atoms with van der Waals surface area (Å²) in [4.78, 5) is 10.8. The van der Waals surface area contributed by atoms with Crippen LogP contribution in [0.2, 0.25) is 0 Å². The fourth-order valence-electron chi connectivity index (χ4n) is 1.61. The van der Waals surface area contributed by atoms with Crippen molar-refractivity contribution in [2.45, 2.75) is 38.6 Å². The van der Waals surface area contributed by atoms with E-state index in [-0.39, 0.29) is 0 Å². The second-order valence-electron chi connectivity index (χ2n) is 3.47. The van der Waals surface area contributed by atoms with Crippen molar-refractivity contribution in [2.24, 2.45) is 0 Å². The normalized spacial score (nSPS) is 21.6. The minimum atomic E-state index is -0.552. The van der Waals surface area contributed by atoms with Gasteiger partial charge in [0.25, 0.3) is 0 Å². The van der Waals surface area contributed by atoms with Crippen LogP contribution < -0.4 is 5.32 Å². The van der Waals surface area contributed by atoms with Crippen molar-refractivity contribution in [3.05, 3.63) is 0 Å². The van der Waals surface area contributed by atoms with Crippen LogP contribution in [0.1, 0.15) is 32.6 Å². The van der Waals surface area contributed by atoms with Crippen LogP contribution in [0.3, 0.4) is 0 Å². The maximum Gasteiger partial charge on any atom is 0.508 e. The molecular formula is C10H19NO3. The molecule has 1 saturated heterocycles. The smallest absolute Gasteiger partial charge is 0.435 e. The number of nitrogens with one attached hydrogen (secondary N) is 1. The maximum atomic E-state index is 10.8. The van der Waals surface area contributed by atoms with Gasteiger partial charge in [-0.2, -0.15) is 0 Å². The van der Waals surface area contributed by atoms with E-state index in [1.165, 1.54) is 19.3 Å². The van der Waals surface area contributed by atoms with E-state index in [4.69, 9.17) is 4.74 Å². The van der Waals surface area contributed by atoms with Crippen LogP contribution >= 0.6 is 0 Å². The topological polar surface area (TPSA) is 47.6 Å². The first-order valence-corrected chi connectivity index (χ1v) is 5.36. The number of ether oxygens (including phenoxy) is 2. The predicted molar refractivity (Wildman–Crippen MR) is 53.2 cm³/mol. The van der Waals surface area contributed by atoms with Crippen molar-refractivity contribution in [3.8, 4) is 0 Å². The van der Waals surface area contributed by atoms with Crippen LogP contribution in [0.15, 0.2) is 0 Å². The molecule has 1 N–H and O–H groups in total. The first-order valence-electron chi connectivity index (χ1n) is 5.36. The number of carbonyl (C=O) groups is 1. The lowest BCUT2D eigenvalue weighted by Crippen LogP contribution is -2.35. The molecule has 14 heavy (non-hydrogen) atoms. The molecule has 0 saturated carbocycles. The molecule has 1 rings (SSSR count). The summed E-state index contributed by atoms with van der Waals surface area (Å²) in [6.07, 6.45) is 4.06. The second-order valence-corrected chi connectivity index (χ2v) is 3.47. The Balaban J connectivity index is 1.99. The summed E-state index contributed by atoms with van der Waals surface area (Å²) >= 11 is 0. The Hall–Kier alpha value is -0.770. The summed E-state index contributed by atoms with van der Waals surface area (Å²) in [5, 5.41) is 3.39. The standard InChI is InChI=1S/C10H19NO3/c1-2-13-10(12)14-8-6-9-5-3-4-7-11-9/h9,11H,2-8H2,1H3. The lowest BCUT2D eigenvalue weighted by Gasteiger charge is -2.22. The largest absolute Gasteiger partial charge is 0.508 e. The first kappa shape index (κ1) is 11.3. The van der Waals surface area contributed by atoms with E-state index in [1.807, 2.05) is 0 Å². The Morgan fingerprint density at radius 1 is 1.43 bits per heavy atom. The van der Waals surface area contributed by atoms with E-state index < -0.39 is 6.16 Å². The zero-order valence-electron chi connectivity index (χ0n) is 8.75. The van der Waals surface area contributed by atoms with E-state index in [9.17, 15) is 4.79 Å². The molecule has 82 valence electrons. The fourth-order valence-corrected chi connectivity index (χ4v) is 1.61. The molecule has 4 heteroatoms. The molecule has 1 fully saturated rings. The molecule has 0 aromatic carbocycles. The van der Waals surface area contributed by atoms with Crippen molar-refractivity contribution in [1.29, 1.82) is 0 Å². The molecule has 0 spiro atoms. The molecule has 0 radical (unpaired) electrons. The minimum absolute atomic E-state index is 0.376. The van der Waals surface area contributed by atoms with Crippen LogP contribution in [-0.2, 0) is 9.47 Å². The van der Waals surface area contributed by atoms with Gasteiger partial charge in [-0.15, -0.1) is 0 Å². The molecular weight excluding hydrogens is 182 g/mol. The van der Waals surface area contributed by atoms with Gasteiger partial charge in [0.1, 0.15) is 0 Å². The first-order chi connectivity index (χ1) is 6.83. The maximum absolute atomic E-state index is 10.8. The van der Waals surface area contributed by atoms with Crippen LogP contribution in [0.25, 0.3) is 0 Å². The van der Waals surface area contributed by atoms with Gasteiger partial charge in [0.05, 0.1) is 13.2 Å². The summed E-state index contributed by atoms with van der Waals surface area (Å²) in [5.41, 5.74) is 0. The summed E-state index contributed by atoms with van der Waals surface area (Å²) in [7, 11) is 0. The molecule has 4 nitrogen and oxygen atoms in total. The molecule has 1 aliphatic rings. The number of hydrogen-bond donors (Lipinski definition) is 1. The SMILES string of the molecule is CCOC(=O)OCCC1CCCCN1. The van der Waals surface area contributed by atoms with Crippen LogP contribution in [0.5, 0.6) is 0 Å². The van der Waals surface area contributed by atoms with E-state index in [0.717, 1.165) is 13.0 Å². The Morgan fingerprint density at radius 3 is 2.93 bits per heavy atom. The monoisotopic (exact) mass is 201 g/mol. The molecule has 1 aliphatic heterocycles. The molecule has 1 unspecified atom stereocenters. The van der Waals surface area contributed by atoms with Gasteiger partial charge in [0.2, 0.25) is 0 Å². The van der Waals surface area contributed by atoms with Crippen molar-refractivity contribution >= 4 is 6.16 Å². The van der Waals surface area contributed by atoms with Gasteiger partial charge in [0, 0.05) is 6.04 Å². The van der Waals surface area contributed by atoms with E-state index in [1.54, 1.807) is 6.92 Å². The van der Waals surface area contributed by atoms with Gasteiger partial charge in [-0.3, -0.25) is 0 Å². The predicted octanol–water partition coefficient (Wildman–Crippen LogP) is 1.69.